The van der Waals surface area contributed by atoms with Gasteiger partial charge in [-0.3, -0.25) is 14.5 Å². The number of ether oxygens (including phenoxy) is 1. The summed E-state index contributed by atoms with van der Waals surface area (Å²) in [6, 6.07) is 13.3. The van der Waals surface area contributed by atoms with E-state index in [0.29, 0.717) is 24.4 Å². The van der Waals surface area contributed by atoms with Gasteiger partial charge < -0.3 is 4.74 Å². The summed E-state index contributed by atoms with van der Waals surface area (Å²) >= 11 is 0. The second kappa shape index (κ2) is 6.26. The predicted octanol–water partition coefficient (Wildman–Crippen LogP) is 2.31. The first-order valence-corrected chi connectivity index (χ1v) is 6.99. The highest BCUT2D eigenvalue weighted by Gasteiger charge is 2.10. The van der Waals surface area contributed by atoms with Crippen LogP contribution < -0.4 is 10.1 Å². The van der Waals surface area contributed by atoms with E-state index in [-0.39, 0.29) is 5.91 Å². The summed E-state index contributed by atoms with van der Waals surface area (Å²) in [6.07, 6.45) is 2.76. The molecule has 3 aromatic rings. The molecule has 0 atom stereocenters. The highest BCUT2D eigenvalue weighted by Crippen LogP contribution is 2.19. The number of pyridine rings is 1. The molecule has 22 heavy (non-hydrogen) atoms. The Kier molecular flexibility index (Phi) is 4.00. The molecule has 2 aromatic heterocycles. The second-order valence-electron chi connectivity index (χ2n) is 4.81. The van der Waals surface area contributed by atoms with Gasteiger partial charge in [0, 0.05) is 12.6 Å². The van der Waals surface area contributed by atoms with Crippen molar-refractivity contribution in [1.29, 1.82) is 0 Å². The molecule has 2 heterocycles. The van der Waals surface area contributed by atoms with E-state index >= 15 is 0 Å². The maximum absolute atomic E-state index is 12.1. The van der Waals surface area contributed by atoms with E-state index < -0.39 is 0 Å². The summed E-state index contributed by atoms with van der Waals surface area (Å²) in [5.74, 6) is 1.12. The van der Waals surface area contributed by atoms with Crippen molar-refractivity contribution < 1.29 is 9.53 Å². The number of fused-ring (bicyclic) bond motifs is 1. The summed E-state index contributed by atoms with van der Waals surface area (Å²) in [7, 11) is 1.63. The molecular formula is C16H16N4O2. The van der Waals surface area contributed by atoms with E-state index in [4.69, 9.17) is 4.74 Å². The zero-order valence-corrected chi connectivity index (χ0v) is 12.2. The molecule has 0 saturated carbocycles. The Labute approximate surface area is 127 Å². The van der Waals surface area contributed by atoms with Crippen molar-refractivity contribution in [2.45, 2.75) is 12.8 Å². The average Bonchev–Trinajstić information content (AvgIpc) is 2.96. The van der Waals surface area contributed by atoms with Gasteiger partial charge in [0.15, 0.2) is 5.65 Å². The molecular weight excluding hydrogens is 280 g/mol. The van der Waals surface area contributed by atoms with Crippen LogP contribution in [0.25, 0.3) is 5.65 Å². The number of aromatic nitrogens is 3. The zero-order valence-electron chi connectivity index (χ0n) is 12.2. The van der Waals surface area contributed by atoms with Crippen molar-refractivity contribution >= 4 is 17.5 Å². The van der Waals surface area contributed by atoms with Gasteiger partial charge in [-0.1, -0.05) is 24.3 Å². The van der Waals surface area contributed by atoms with E-state index in [1.165, 1.54) is 0 Å². The van der Waals surface area contributed by atoms with Gasteiger partial charge in [-0.25, -0.2) is 0 Å². The minimum atomic E-state index is -0.107. The SMILES string of the molecule is COc1ccccc1CCC(=O)Nc1nnc2ccccn12. The summed E-state index contributed by atoms with van der Waals surface area (Å²) in [4.78, 5) is 12.1. The van der Waals surface area contributed by atoms with Crippen molar-refractivity contribution in [3.05, 3.63) is 54.2 Å². The van der Waals surface area contributed by atoms with Gasteiger partial charge in [0.2, 0.25) is 11.9 Å². The van der Waals surface area contributed by atoms with Crippen LogP contribution in [-0.4, -0.2) is 27.6 Å². The van der Waals surface area contributed by atoms with Gasteiger partial charge in [0.25, 0.3) is 0 Å². The first-order chi connectivity index (χ1) is 10.8. The largest absolute Gasteiger partial charge is 0.496 e. The van der Waals surface area contributed by atoms with Gasteiger partial charge in [0.05, 0.1) is 7.11 Å². The molecule has 0 aliphatic carbocycles. The normalized spacial score (nSPS) is 10.6. The van der Waals surface area contributed by atoms with E-state index in [1.807, 2.05) is 48.7 Å². The third-order valence-electron chi connectivity index (χ3n) is 3.38. The second-order valence-corrected chi connectivity index (χ2v) is 4.81. The Hall–Kier alpha value is -2.89. The number of methoxy groups -OCH3 is 1. The number of nitrogens with one attached hydrogen (secondary N) is 1. The number of para-hydroxylation sites is 1. The predicted molar refractivity (Wildman–Crippen MR) is 82.9 cm³/mol. The molecule has 3 rings (SSSR count). The number of carbonyl (C=O) groups is 1. The van der Waals surface area contributed by atoms with Gasteiger partial charge >= 0.3 is 0 Å². The molecule has 0 fully saturated rings. The number of rotatable bonds is 5. The van der Waals surface area contributed by atoms with E-state index in [1.54, 1.807) is 11.5 Å². The molecule has 1 amide bonds. The van der Waals surface area contributed by atoms with Gasteiger partial charge in [0.1, 0.15) is 5.75 Å². The van der Waals surface area contributed by atoms with Crippen LogP contribution in [0.4, 0.5) is 5.95 Å². The standard InChI is InChI=1S/C16H16N4O2/c1-22-13-7-3-2-6-12(13)9-10-15(21)17-16-19-18-14-8-4-5-11-20(14)16/h2-8,11H,9-10H2,1H3,(H,17,19,21). The smallest absolute Gasteiger partial charge is 0.235 e. The molecule has 0 saturated heterocycles. The Bertz CT molecular complexity index is 797. The van der Waals surface area contributed by atoms with Crippen molar-refractivity contribution in [3.63, 3.8) is 0 Å². The van der Waals surface area contributed by atoms with E-state index in [2.05, 4.69) is 15.5 Å². The molecule has 112 valence electrons. The molecule has 0 unspecified atom stereocenters. The van der Waals surface area contributed by atoms with Crippen LogP contribution in [0.15, 0.2) is 48.7 Å². The number of aryl methyl sites for hydroxylation is 1. The molecule has 0 aliphatic rings. The lowest BCUT2D eigenvalue weighted by Gasteiger charge is -2.08. The molecule has 0 spiro atoms. The Morgan fingerprint density at radius 1 is 1.18 bits per heavy atom. The minimum absolute atomic E-state index is 0.107. The van der Waals surface area contributed by atoms with Crippen LogP contribution in [0.1, 0.15) is 12.0 Å². The van der Waals surface area contributed by atoms with Gasteiger partial charge in [-0.2, -0.15) is 0 Å². The highest BCUT2D eigenvalue weighted by molar-refractivity contribution is 5.89. The Morgan fingerprint density at radius 3 is 2.86 bits per heavy atom. The van der Waals surface area contributed by atoms with Crippen LogP contribution in [0.3, 0.4) is 0 Å². The number of carbonyl (C=O) groups excluding carboxylic acids is 1. The molecule has 1 aromatic carbocycles. The van der Waals surface area contributed by atoms with Crippen LogP contribution in [-0.2, 0) is 11.2 Å². The fraction of sp³-hybridized carbons (Fsp3) is 0.188. The first kappa shape index (κ1) is 14.1. The van der Waals surface area contributed by atoms with E-state index in [9.17, 15) is 4.79 Å². The fourth-order valence-electron chi connectivity index (χ4n) is 2.27. The molecule has 0 bridgehead atoms. The van der Waals surface area contributed by atoms with E-state index in [0.717, 1.165) is 11.3 Å². The lowest BCUT2D eigenvalue weighted by Crippen LogP contribution is -2.14. The van der Waals surface area contributed by atoms with Crippen molar-refractivity contribution in [3.8, 4) is 5.75 Å². The average molecular weight is 296 g/mol. The maximum atomic E-state index is 12.1. The first-order valence-electron chi connectivity index (χ1n) is 6.99. The summed E-state index contributed by atoms with van der Waals surface area (Å²) in [5.41, 5.74) is 1.70. The van der Waals surface area contributed by atoms with Crippen molar-refractivity contribution in [2.75, 3.05) is 12.4 Å². The summed E-state index contributed by atoms with van der Waals surface area (Å²) in [5, 5.41) is 10.8. The topological polar surface area (TPSA) is 68.5 Å². The Balaban J connectivity index is 1.65. The molecule has 0 aliphatic heterocycles. The quantitative estimate of drug-likeness (QED) is 0.784. The number of benzene rings is 1. The maximum Gasteiger partial charge on any atom is 0.235 e. The summed E-state index contributed by atoms with van der Waals surface area (Å²) < 4.78 is 7.02. The van der Waals surface area contributed by atoms with Crippen LogP contribution >= 0.6 is 0 Å². The monoisotopic (exact) mass is 296 g/mol. The minimum Gasteiger partial charge on any atom is -0.496 e. The number of amides is 1. The highest BCUT2D eigenvalue weighted by atomic mass is 16.5. The Morgan fingerprint density at radius 2 is 2.00 bits per heavy atom. The number of hydrogen-bond acceptors (Lipinski definition) is 4. The zero-order chi connectivity index (χ0) is 15.4. The third kappa shape index (κ3) is 2.90. The number of anilines is 1. The lowest BCUT2D eigenvalue weighted by atomic mass is 10.1. The number of hydrogen-bond donors (Lipinski definition) is 1. The number of nitrogens with zero attached hydrogens (tertiary/aromatic N) is 3. The van der Waals surface area contributed by atoms with Gasteiger partial charge in [-0.15, -0.1) is 10.2 Å². The molecule has 6 nitrogen and oxygen atoms in total. The lowest BCUT2D eigenvalue weighted by molar-refractivity contribution is -0.116. The van der Waals surface area contributed by atoms with Crippen molar-refractivity contribution in [2.24, 2.45) is 0 Å². The molecule has 1 N–H and O–H groups in total. The van der Waals surface area contributed by atoms with Crippen LogP contribution in [0, 0.1) is 0 Å². The van der Waals surface area contributed by atoms with Crippen LogP contribution in [0.5, 0.6) is 5.75 Å². The van der Waals surface area contributed by atoms with Crippen LogP contribution in [0.2, 0.25) is 0 Å². The molecule has 6 heteroatoms. The fourth-order valence-corrected chi connectivity index (χ4v) is 2.27. The third-order valence-corrected chi connectivity index (χ3v) is 3.38. The summed E-state index contributed by atoms with van der Waals surface area (Å²) in [6.45, 7) is 0. The van der Waals surface area contributed by atoms with Crippen molar-refractivity contribution in [1.82, 2.24) is 14.6 Å². The van der Waals surface area contributed by atoms with Gasteiger partial charge in [-0.05, 0) is 30.2 Å². The molecule has 0 radical (unpaired) electrons.